The molecule has 0 amide bonds. The van der Waals surface area contributed by atoms with Crippen molar-refractivity contribution in [3.05, 3.63) is 56.7 Å². The summed E-state index contributed by atoms with van der Waals surface area (Å²) in [5.41, 5.74) is 0.853. The van der Waals surface area contributed by atoms with Gasteiger partial charge < -0.3 is 10.4 Å². The van der Waals surface area contributed by atoms with E-state index in [1.165, 1.54) is 30.5 Å². The molecule has 2 rings (SSSR count). The fourth-order valence-corrected chi connectivity index (χ4v) is 1.95. The van der Waals surface area contributed by atoms with Gasteiger partial charge in [-0.3, -0.25) is 10.1 Å². The van der Waals surface area contributed by atoms with Gasteiger partial charge in [-0.15, -0.1) is 0 Å². The van der Waals surface area contributed by atoms with E-state index in [9.17, 15) is 14.9 Å². The van der Waals surface area contributed by atoms with Crippen LogP contribution >= 0.6 is 11.6 Å². The number of carbonyl (C=O) groups is 1. The average molecular weight is 308 g/mol. The van der Waals surface area contributed by atoms with Crippen molar-refractivity contribution in [3.8, 4) is 0 Å². The minimum atomic E-state index is -1.13. The van der Waals surface area contributed by atoms with Crippen LogP contribution in [0, 0.1) is 17.0 Å². The highest BCUT2D eigenvalue weighted by Gasteiger charge is 2.13. The van der Waals surface area contributed by atoms with Crippen LogP contribution in [0.4, 0.5) is 17.2 Å². The van der Waals surface area contributed by atoms with Crippen LogP contribution in [0.2, 0.25) is 5.02 Å². The van der Waals surface area contributed by atoms with Crippen LogP contribution in [0.25, 0.3) is 0 Å². The number of nitro groups is 1. The first-order chi connectivity index (χ1) is 9.88. The van der Waals surface area contributed by atoms with Gasteiger partial charge in [-0.05, 0) is 25.1 Å². The van der Waals surface area contributed by atoms with E-state index in [0.717, 1.165) is 0 Å². The van der Waals surface area contributed by atoms with Gasteiger partial charge in [-0.2, -0.15) is 0 Å². The third kappa shape index (κ3) is 3.26. The van der Waals surface area contributed by atoms with Gasteiger partial charge >= 0.3 is 5.97 Å². The molecule has 2 aromatic rings. The molecular formula is C13H10ClN3O4. The summed E-state index contributed by atoms with van der Waals surface area (Å²) in [6, 6.07) is 5.56. The molecule has 0 aliphatic heterocycles. The first kappa shape index (κ1) is 14.7. The number of benzene rings is 1. The summed E-state index contributed by atoms with van der Waals surface area (Å²) in [5, 5.41) is 22.7. The molecule has 0 spiro atoms. The molecular weight excluding hydrogens is 298 g/mol. The molecule has 0 fully saturated rings. The summed E-state index contributed by atoms with van der Waals surface area (Å²) < 4.78 is 0. The number of rotatable bonds is 4. The number of pyridine rings is 1. The van der Waals surface area contributed by atoms with Gasteiger partial charge in [0, 0.05) is 17.4 Å². The normalized spacial score (nSPS) is 10.2. The molecule has 7 nitrogen and oxygen atoms in total. The Labute approximate surface area is 124 Å². The molecule has 1 heterocycles. The van der Waals surface area contributed by atoms with Crippen molar-refractivity contribution >= 4 is 34.8 Å². The Hall–Kier alpha value is -2.67. The molecule has 21 heavy (non-hydrogen) atoms. The number of hydrogen-bond acceptors (Lipinski definition) is 5. The van der Waals surface area contributed by atoms with Crippen LogP contribution in [-0.4, -0.2) is 21.0 Å². The number of aromatic nitrogens is 1. The molecule has 0 atom stereocenters. The lowest BCUT2D eigenvalue weighted by atomic mass is 10.2. The van der Waals surface area contributed by atoms with Crippen LogP contribution in [0.15, 0.2) is 30.5 Å². The lowest BCUT2D eigenvalue weighted by Gasteiger charge is -2.07. The van der Waals surface area contributed by atoms with Crippen molar-refractivity contribution in [2.45, 2.75) is 6.92 Å². The molecule has 0 aliphatic carbocycles. The zero-order valence-electron chi connectivity index (χ0n) is 10.8. The third-order valence-electron chi connectivity index (χ3n) is 2.74. The zero-order valence-corrected chi connectivity index (χ0v) is 11.6. The smallest absolute Gasteiger partial charge is 0.337 e. The van der Waals surface area contributed by atoms with E-state index in [1.54, 1.807) is 6.92 Å². The molecule has 0 aliphatic rings. The molecule has 108 valence electrons. The molecule has 0 saturated carbocycles. The molecule has 0 radical (unpaired) electrons. The van der Waals surface area contributed by atoms with Crippen molar-refractivity contribution in [1.82, 2.24) is 4.98 Å². The molecule has 8 heteroatoms. The number of halogens is 1. The standard InChI is InChI=1S/C13H10ClN3O4/c1-7-6-15-12(5-11(7)17(20)21)16-8-2-3-9(13(18)19)10(14)4-8/h2-6H,1H3,(H,15,16)(H,18,19). The number of nitrogens with zero attached hydrogens (tertiary/aromatic N) is 2. The summed E-state index contributed by atoms with van der Waals surface area (Å²) in [7, 11) is 0. The van der Waals surface area contributed by atoms with Gasteiger partial charge in [0.2, 0.25) is 0 Å². The second kappa shape index (κ2) is 5.76. The fraction of sp³-hybridized carbons (Fsp3) is 0.0769. The van der Waals surface area contributed by atoms with E-state index < -0.39 is 10.9 Å². The SMILES string of the molecule is Cc1cnc(Nc2ccc(C(=O)O)c(Cl)c2)cc1[N+](=O)[O-]. The molecule has 1 aromatic carbocycles. The second-order valence-electron chi connectivity index (χ2n) is 4.24. The number of anilines is 2. The average Bonchev–Trinajstić information content (AvgIpc) is 2.40. The number of aromatic carboxylic acids is 1. The Morgan fingerprint density at radius 3 is 2.71 bits per heavy atom. The molecule has 0 unspecified atom stereocenters. The first-order valence-electron chi connectivity index (χ1n) is 5.79. The van der Waals surface area contributed by atoms with Crippen molar-refractivity contribution in [1.29, 1.82) is 0 Å². The first-order valence-corrected chi connectivity index (χ1v) is 6.17. The van der Waals surface area contributed by atoms with Gasteiger partial charge in [-0.25, -0.2) is 9.78 Å². The highest BCUT2D eigenvalue weighted by molar-refractivity contribution is 6.33. The third-order valence-corrected chi connectivity index (χ3v) is 3.06. The predicted molar refractivity (Wildman–Crippen MR) is 77.3 cm³/mol. The van der Waals surface area contributed by atoms with Crippen LogP contribution in [0.3, 0.4) is 0 Å². The summed E-state index contributed by atoms with van der Waals surface area (Å²) in [5.74, 6) is -0.859. The van der Waals surface area contributed by atoms with Crippen molar-refractivity contribution in [2.75, 3.05) is 5.32 Å². The maximum atomic E-state index is 10.9. The van der Waals surface area contributed by atoms with Crippen molar-refractivity contribution < 1.29 is 14.8 Å². The van der Waals surface area contributed by atoms with E-state index in [0.29, 0.717) is 11.3 Å². The minimum Gasteiger partial charge on any atom is -0.478 e. The Morgan fingerprint density at radius 2 is 2.14 bits per heavy atom. The number of carboxylic acids is 1. The summed E-state index contributed by atoms with van der Waals surface area (Å²) in [6.07, 6.45) is 1.38. The van der Waals surface area contributed by atoms with E-state index in [1.807, 2.05) is 0 Å². The van der Waals surface area contributed by atoms with Gasteiger partial charge in [0.05, 0.1) is 21.6 Å². The highest BCUT2D eigenvalue weighted by Crippen LogP contribution is 2.25. The quantitative estimate of drug-likeness (QED) is 0.662. The number of hydrogen-bond donors (Lipinski definition) is 2. The van der Waals surface area contributed by atoms with Crippen molar-refractivity contribution in [3.63, 3.8) is 0 Å². The molecule has 0 bridgehead atoms. The lowest BCUT2D eigenvalue weighted by molar-refractivity contribution is -0.385. The highest BCUT2D eigenvalue weighted by atomic mass is 35.5. The Balaban J connectivity index is 2.30. The summed E-state index contributed by atoms with van der Waals surface area (Å²) in [4.78, 5) is 25.3. The topological polar surface area (TPSA) is 105 Å². The van der Waals surface area contributed by atoms with Crippen LogP contribution < -0.4 is 5.32 Å². The maximum absolute atomic E-state index is 10.9. The largest absolute Gasteiger partial charge is 0.478 e. The molecule has 2 N–H and O–H groups in total. The second-order valence-corrected chi connectivity index (χ2v) is 4.65. The summed E-state index contributed by atoms with van der Waals surface area (Å²) in [6.45, 7) is 1.59. The monoisotopic (exact) mass is 307 g/mol. The van der Waals surface area contributed by atoms with E-state index >= 15 is 0 Å². The zero-order chi connectivity index (χ0) is 15.6. The number of carboxylic acid groups (broad SMARTS) is 1. The predicted octanol–water partition coefficient (Wildman–Crippen LogP) is 3.39. The number of aryl methyl sites for hydroxylation is 1. The Bertz CT molecular complexity index is 733. The van der Waals surface area contributed by atoms with Gasteiger partial charge in [0.1, 0.15) is 5.82 Å². The minimum absolute atomic E-state index is 0.0231. The number of nitrogens with one attached hydrogen (secondary N) is 1. The molecule has 0 saturated heterocycles. The van der Waals surface area contributed by atoms with E-state index in [2.05, 4.69) is 10.3 Å². The Kier molecular flexibility index (Phi) is 4.04. The van der Waals surface area contributed by atoms with Crippen LogP contribution in [0.1, 0.15) is 15.9 Å². The van der Waals surface area contributed by atoms with E-state index in [4.69, 9.17) is 16.7 Å². The van der Waals surface area contributed by atoms with Crippen LogP contribution in [-0.2, 0) is 0 Å². The lowest BCUT2D eigenvalue weighted by Crippen LogP contribution is -2.00. The van der Waals surface area contributed by atoms with E-state index in [-0.39, 0.29) is 22.1 Å². The van der Waals surface area contributed by atoms with Gasteiger partial charge in [0.25, 0.3) is 5.69 Å². The van der Waals surface area contributed by atoms with Crippen LogP contribution in [0.5, 0.6) is 0 Å². The van der Waals surface area contributed by atoms with Gasteiger partial charge in [-0.1, -0.05) is 11.6 Å². The fourth-order valence-electron chi connectivity index (χ4n) is 1.69. The summed E-state index contributed by atoms with van der Waals surface area (Å²) >= 11 is 5.85. The van der Waals surface area contributed by atoms with Gasteiger partial charge in [0.15, 0.2) is 0 Å². The molecule has 1 aromatic heterocycles. The van der Waals surface area contributed by atoms with Crippen molar-refractivity contribution in [2.24, 2.45) is 0 Å². The Morgan fingerprint density at radius 1 is 1.43 bits per heavy atom. The maximum Gasteiger partial charge on any atom is 0.337 e.